The van der Waals surface area contributed by atoms with Gasteiger partial charge in [0.1, 0.15) is 29.3 Å². The van der Waals surface area contributed by atoms with E-state index in [-0.39, 0.29) is 30.1 Å². The maximum Gasteiger partial charge on any atom is 0.282 e. The number of aromatic nitrogens is 1. The average Bonchev–Trinajstić information content (AvgIpc) is 3.29. The molecule has 4 rings (SSSR count). The van der Waals surface area contributed by atoms with Gasteiger partial charge in [0.15, 0.2) is 0 Å². The highest BCUT2D eigenvalue weighted by atomic mass is 32.2. The summed E-state index contributed by atoms with van der Waals surface area (Å²) in [5, 5.41) is 3.90. The second-order valence-corrected chi connectivity index (χ2v) is 10.2. The zero-order chi connectivity index (χ0) is 25.6. The molecule has 8 nitrogen and oxygen atoms in total. The summed E-state index contributed by atoms with van der Waals surface area (Å²) in [7, 11) is -2.60. The molecule has 0 bridgehead atoms. The monoisotopic (exact) mass is 520 g/mol. The zero-order valence-corrected chi connectivity index (χ0v) is 19.4. The molecule has 0 spiro atoms. The van der Waals surface area contributed by atoms with Crippen molar-refractivity contribution in [2.75, 3.05) is 33.1 Å². The third-order valence-electron chi connectivity index (χ3n) is 5.70. The molecule has 2 aliphatic rings. The van der Waals surface area contributed by atoms with E-state index in [1.54, 1.807) is 0 Å². The largest absolute Gasteiger partial charge is 0.380 e. The number of halogens is 5. The van der Waals surface area contributed by atoms with Crippen LogP contribution in [0.4, 0.5) is 22.0 Å². The molecule has 2 aliphatic heterocycles. The Labute approximate surface area is 197 Å². The summed E-state index contributed by atoms with van der Waals surface area (Å²) < 4.78 is 102. The van der Waals surface area contributed by atoms with E-state index in [0.29, 0.717) is 0 Å². The molecule has 35 heavy (non-hydrogen) atoms. The minimum absolute atomic E-state index is 0.0191. The first-order valence-electron chi connectivity index (χ1n) is 10.3. The predicted molar refractivity (Wildman–Crippen MR) is 115 cm³/mol. The molecule has 2 atom stereocenters. The topological polar surface area (TPSA) is 93.1 Å². The number of methoxy groups -OCH3 is 1. The number of benzene rings is 1. The molecule has 1 saturated heterocycles. The normalized spacial score (nSPS) is 23.9. The number of oxime groups is 1. The minimum Gasteiger partial charge on any atom is -0.380 e. The summed E-state index contributed by atoms with van der Waals surface area (Å²) in [6.07, 6.45) is 1.38. The SMILES string of the molecule is COCC1(c2ncc(F)cc2-c2c(F)cccc2F)CC(N2C[C@@H](NS(C)(=O)=O)C(F)(F)C2)=NO1. The van der Waals surface area contributed by atoms with Crippen LogP contribution in [-0.2, 0) is 25.2 Å². The molecule has 2 aromatic rings. The Balaban J connectivity index is 1.70. The molecule has 14 heteroatoms. The average molecular weight is 520 g/mol. The van der Waals surface area contributed by atoms with Crippen LogP contribution in [0.15, 0.2) is 35.6 Å². The van der Waals surface area contributed by atoms with Crippen molar-refractivity contribution in [3.63, 3.8) is 0 Å². The molecule has 1 N–H and O–H groups in total. The van der Waals surface area contributed by atoms with Gasteiger partial charge in [-0.2, -0.15) is 0 Å². The Hall–Kier alpha value is -2.84. The lowest BCUT2D eigenvalue weighted by atomic mass is 9.88. The maximum absolute atomic E-state index is 14.6. The molecule has 0 amide bonds. The van der Waals surface area contributed by atoms with Crippen LogP contribution < -0.4 is 4.72 Å². The van der Waals surface area contributed by atoms with E-state index in [4.69, 9.17) is 9.57 Å². The molecule has 190 valence electrons. The van der Waals surface area contributed by atoms with Crippen LogP contribution in [0.1, 0.15) is 12.1 Å². The van der Waals surface area contributed by atoms with Crippen LogP contribution in [0.25, 0.3) is 11.1 Å². The number of nitrogens with one attached hydrogen (secondary N) is 1. The Bertz CT molecular complexity index is 1260. The lowest BCUT2D eigenvalue weighted by Gasteiger charge is -2.28. The third-order valence-corrected chi connectivity index (χ3v) is 6.41. The van der Waals surface area contributed by atoms with Crippen molar-refractivity contribution in [1.29, 1.82) is 0 Å². The zero-order valence-electron chi connectivity index (χ0n) is 18.6. The van der Waals surface area contributed by atoms with Gasteiger partial charge in [-0.1, -0.05) is 11.2 Å². The highest BCUT2D eigenvalue weighted by Gasteiger charge is 2.53. The lowest BCUT2D eigenvalue weighted by Crippen LogP contribution is -2.46. The first kappa shape index (κ1) is 25.3. The van der Waals surface area contributed by atoms with Gasteiger partial charge in [-0.3, -0.25) is 4.98 Å². The Morgan fingerprint density at radius 1 is 1.26 bits per heavy atom. The van der Waals surface area contributed by atoms with Gasteiger partial charge >= 0.3 is 0 Å². The highest BCUT2D eigenvalue weighted by molar-refractivity contribution is 7.88. The summed E-state index contributed by atoms with van der Waals surface area (Å²) in [5.74, 6) is -6.20. The van der Waals surface area contributed by atoms with E-state index >= 15 is 0 Å². The standard InChI is InChI=1S/C21H21F5N4O4S/c1-33-11-20(19-13(6-12(22)8-27-19)18-14(23)4-3-5-15(18)24)7-17(28-34-20)30-9-16(21(25,26)10-30)29-35(2,31)32/h3-6,8,16,29H,7,9-11H2,1-2H3/t16-,20?/m1/s1. The molecule has 1 aromatic carbocycles. The number of rotatable bonds is 6. The van der Waals surface area contributed by atoms with Gasteiger partial charge in [0.25, 0.3) is 5.92 Å². The summed E-state index contributed by atoms with van der Waals surface area (Å²) in [6, 6.07) is 2.32. The highest BCUT2D eigenvalue weighted by Crippen LogP contribution is 2.42. The van der Waals surface area contributed by atoms with E-state index in [0.717, 1.165) is 41.6 Å². The van der Waals surface area contributed by atoms with Crippen molar-refractivity contribution in [1.82, 2.24) is 14.6 Å². The van der Waals surface area contributed by atoms with Crippen LogP contribution in [0.5, 0.6) is 0 Å². The fourth-order valence-electron chi connectivity index (χ4n) is 4.25. The number of ether oxygens (including phenoxy) is 1. The number of nitrogens with zero attached hydrogens (tertiary/aromatic N) is 3. The first-order chi connectivity index (χ1) is 16.3. The van der Waals surface area contributed by atoms with Crippen LogP contribution in [0.2, 0.25) is 0 Å². The smallest absolute Gasteiger partial charge is 0.282 e. The summed E-state index contributed by atoms with van der Waals surface area (Å²) >= 11 is 0. The number of sulfonamides is 1. The van der Waals surface area contributed by atoms with Gasteiger partial charge < -0.3 is 14.5 Å². The number of alkyl halides is 2. The van der Waals surface area contributed by atoms with Crippen LogP contribution in [0, 0.1) is 17.5 Å². The van der Waals surface area contributed by atoms with Crippen molar-refractivity contribution in [3.8, 4) is 11.1 Å². The van der Waals surface area contributed by atoms with Crippen molar-refractivity contribution < 1.29 is 39.9 Å². The van der Waals surface area contributed by atoms with Crippen molar-refractivity contribution in [2.24, 2.45) is 5.16 Å². The van der Waals surface area contributed by atoms with Gasteiger partial charge in [-0.05, 0) is 18.2 Å². The van der Waals surface area contributed by atoms with E-state index in [2.05, 4.69) is 10.1 Å². The second-order valence-electron chi connectivity index (χ2n) is 8.43. The predicted octanol–water partition coefficient (Wildman–Crippen LogP) is 2.61. The number of hydrogen-bond acceptors (Lipinski definition) is 7. The summed E-state index contributed by atoms with van der Waals surface area (Å²) in [5.41, 5.74) is -2.54. The van der Waals surface area contributed by atoms with Gasteiger partial charge in [-0.15, -0.1) is 0 Å². The number of likely N-dealkylation sites (tertiary alicyclic amines) is 1. The van der Waals surface area contributed by atoms with E-state index in [1.807, 2.05) is 4.72 Å². The first-order valence-corrected chi connectivity index (χ1v) is 12.2. The van der Waals surface area contributed by atoms with Crippen molar-refractivity contribution >= 4 is 15.9 Å². The van der Waals surface area contributed by atoms with Crippen molar-refractivity contribution in [2.45, 2.75) is 24.0 Å². The van der Waals surface area contributed by atoms with Gasteiger partial charge in [0.2, 0.25) is 15.6 Å². The Kier molecular flexibility index (Phi) is 6.49. The van der Waals surface area contributed by atoms with Crippen LogP contribution in [-0.4, -0.2) is 69.2 Å². The lowest BCUT2D eigenvalue weighted by molar-refractivity contribution is -0.0759. The number of amidine groups is 1. The Morgan fingerprint density at radius 2 is 1.94 bits per heavy atom. The van der Waals surface area contributed by atoms with E-state index in [9.17, 15) is 30.4 Å². The minimum atomic E-state index is -3.91. The second kappa shape index (κ2) is 8.99. The van der Waals surface area contributed by atoms with Gasteiger partial charge in [0, 0.05) is 19.2 Å². The molecular weight excluding hydrogens is 499 g/mol. The fourth-order valence-corrected chi connectivity index (χ4v) is 5.01. The summed E-state index contributed by atoms with van der Waals surface area (Å²) in [4.78, 5) is 10.7. The number of hydrogen-bond donors (Lipinski definition) is 1. The third kappa shape index (κ3) is 4.95. The molecule has 1 aromatic heterocycles. The molecule has 1 fully saturated rings. The molecular formula is C21H21F5N4O4S. The van der Waals surface area contributed by atoms with Crippen LogP contribution >= 0.6 is 0 Å². The van der Waals surface area contributed by atoms with E-state index in [1.165, 1.54) is 7.11 Å². The number of pyridine rings is 1. The maximum atomic E-state index is 14.6. The molecule has 0 saturated carbocycles. The fraction of sp³-hybridized carbons (Fsp3) is 0.429. The van der Waals surface area contributed by atoms with Crippen LogP contribution in [0.3, 0.4) is 0 Å². The molecule has 3 heterocycles. The Morgan fingerprint density at radius 3 is 2.57 bits per heavy atom. The molecule has 0 aliphatic carbocycles. The van der Waals surface area contributed by atoms with Crippen molar-refractivity contribution in [3.05, 3.63) is 53.6 Å². The van der Waals surface area contributed by atoms with Gasteiger partial charge in [-0.25, -0.2) is 35.1 Å². The molecule has 0 radical (unpaired) electrons. The summed E-state index contributed by atoms with van der Waals surface area (Å²) in [6.45, 7) is -1.52. The quantitative estimate of drug-likeness (QED) is 0.589. The molecule has 1 unspecified atom stereocenters. The van der Waals surface area contributed by atoms with Gasteiger partial charge in [0.05, 0.1) is 43.3 Å². The van der Waals surface area contributed by atoms with E-state index < -0.39 is 63.7 Å².